The Bertz CT molecular complexity index is 134. The fourth-order valence-electron chi connectivity index (χ4n) is 1.21. The molecule has 0 atom stereocenters. The van der Waals surface area contributed by atoms with Gasteiger partial charge in [0.15, 0.2) is 0 Å². The molecule has 0 amide bonds. The monoisotopic (exact) mass is 166 g/mol. The molecule has 0 heterocycles. The van der Waals surface area contributed by atoms with Gasteiger partial charge in [0.05, 0.1) is 0 Å². The van der Waals surface area contributed by atoms with E-state index >= 15 is 0 Å². The van der Waals surface area contributed by atoms with Crippen LogP contribution >= 0.6 is 0 Å². The van der Waals surface area contributed by atoms with E-state index in [2.05, 4.69) is 33.6 Å². The SMILES string of the molecule is C=C[Si](C=C)(C=C)CC(C)C. The standard InChI is InChI=1S/C10H18Si/c1-6-11(7-2,8-3)9-10(4)5/h6-8,10H,1-3,9H2,4-5H3. The van der Waals surface area contributed by atoms with Gasteiger partial charge < -0.3 is 0 Å². The molecule has 0 bridgehead atoms. The fourth-order valence-corrected chi connectivity index (χ4v) is 3.62. The molecule has 11 heavy (non-hydrogen) atoms. The molecule has 0 rings (SSSR count). The number of hydrogen-bond acceptors (Lipinski definition) is 0. The first-order chi connectivity index (χ1) is 5.10. The topological polar surface area (TPSA) is 0 Å². The van der Waals surface area contributed by atoms with Gasteiger partial charge in [-0.25, -0.2) is 0 Å². The summed E-state index contributed by atoms with van der Waals surface area (Å²) in [6.45, 7) is 16.0. The first kappa shape index (κ1) is 10.4. The molecular weight excluding hydrogens is 148 g/mol. The maximum atomic E-state index is 3.85. The molecule has 0 aromatic heterocycles. The maximum absolute atomic E-state index is 3.85. The van der Waals surface area contributed by atoms with Gasteiger partial charge in [-0.3, -0.25) is 0 Å². The predicted molar refractivity (Wildman–Crippen MR) is 56.0 cm³/mol. The van der Waals surface area contributed by atoms with Crippen LogP contribution in [0.1, 0.15) is 13.8 Å². The zero-order valence-electron chi connectivity index (χ0n) is 7.64. The number of rotatable bonds is 5. The molecule has 0 saturated carbocycles. The lowest BCUT2D eigenvalue weighted by Crippen LogP contribution is -2.28. The Morgan fingerprint density at radius 2 is 1.45 bits per heavy atom. The first-order valence-corrected chi connectivity index (χ1v) is 6.45. The van der Waals surface area contributed by atoms with Crippen molar-refractivity contribution >= 4 is 8.07 Å². The van der Waals surface area contributed by atoms with E-state index in [0.29, 0.717) is 5.92 Å². The van der Waals surface area contributed by atoms with Gasteiger partial charge in [0.1, 0.15) is 8.07 Å². The van der Waals surface area contributed by atoms with Crippen LogP contribution in [0.5, 0.6) is 0 Å². The van der Waals surface area contributed by atoms with Crippen LogP contribution in [0, 0.1) is 5.92 Å². The first-order valence-electron chi connectivity index (χ1n) is 4.01. The van der Waals surface area contributed by atoms with Crippen LogP contribution in [0.4, 0.5) is 0 Å². The van der Waals surface area contributed by atoms with Crippen molar-refractivity contribution in [1.82, 2.24) is 0 Å². The molecule has 0 spiro atoms. The minimum Gasteiger partial charge on any atom is -0.106 e. The van der Waals surface area contributed by atoms with Crippen molar-refractivity contribution in [2.24, 2.45) is 5.92 Å². The summed E-state index contributed by atoms with van der Waals surface area (Å²) in [5, 5.41) is 0. The van der Waals surface area contributed by atoms with Gasteiger partial charge in [0.2, 0.25) is 0 Å². The molecule has 0 aliphatic heterocycles. The van der Waals surface area contributed by atoms with E-state index in [1.54, 1.807) is 0 Å². The molecule has 0 nitrogen and oxygen atoms in total. The van der Waals surface area contributed by atoms with Gasteiger partial charge in [0, 0.05) is 0 Å². The van der Waals surface area contributed by atoms with E-state index in [9.17, 15) is 0 Å². The Morgan fingerprint density at radius 1 is 1.09 bits per heavy atom. The minimum absolute atomic E-state index is 0.704. The average Bonchev–Trinajstić information content (AvgIpc) is 2.00. The van der Waals surface area contributed by atoms with Crippen molar-refractivity contribution in [2.75, 3.05) is 0 Å². The number of hydrogen-bond donors (Lipinski definition) is 0. The zero-order chi connectivity index (χ0) is 8.91. The van der Waals surface area contributed by atoms with Crippen LogP contribution in [-0.4, -0.2) is 8.07 Å². The molecule has 0 radical (unpaired) electrons. The van der Waals surface area contributed by atoms with Crippen LogP contribution < -0.4 is 0 Å². The van der Waals surface area contributed by atoms with Crippen molar-refractivity contribution in [1.29, 1.82) is 0 Å². The van der Waals surface area contributed by atoms with E-state index in [1.165, 1.54) is 6.04 Å². The molecule has 1 heteroatoms. The minimum atomic E-state index is -1.49. The molecule has 0 saturated heterocycles. The van der Waals surface area contributed by atoms with Crippen LogP contribution in [-0.2, 0) is 0 Å². The smallest absolute Gasteiger partial charge is 0.106 e. The second-order valence-corrected chi connectivity index (χ2v) is 7.18. The quantitative estimate of drug-likeness (QED) is 0.550. The van der Waals surface area contributed by atoms with Crippen molar-refractivity contribution in [3.8, 4) is 0 Å². The second kappa shape index (κ2) is 4.34. The van der Waals surface area contributed by atoms with Gasteiger partial charge in [0.25, 0.3) is 0 Å². The lowest BCUT2D eigenvalue weighted by molar-refractivity contribution is 0.725. The summed E-state index contributed by atoms with van der Waals surface area (Å²) in [6, 6.07) is 1.18. The molecular formula is C10H18Si. The summed E-state index contributed by atoms with van der Waals surface area (Å²) in [7, 11) is -1.49. The summed E-state index contributed by atoms with van der Waals surface area (Å²) in [5.74, 6) is 0.704. The van der Waals surface area contributed by atoms with Crippen molar-refractivity contribution < 1.29 is 0 Å². The lowest BCUT2D eigenvalue weighted by Gasteiger charge is -2.21. The van der Waals surface area contributed by atoms with Gasteiger partial charge in [-0.05, 0) is 12.0 Å². The molecule has 0 aromatic rings. The van der Waals surface area contributed by atoms with Gasteiger partial charge in [-0.1, -0.05) is 30.9 Å². The third kappa shape index (κ3) is 2.89. The van der Waals surface area contributed by atoms with Crippen molar-refractivity contribution in [3.63, 3.8) is 0 Å². The van der Waals surface area contributed by atoms with Gasteiger partial charge in [-0.2, -0.15) is 0 Å². The van der Waals surface area contributed by atoms with Crippen LogP contribution in [0.25, 0.3) is 0 Å². The van der Waals surface area contributed by atoms with Crippen molar-refractivity contribution in [2.45, 2.75) is 19.9 Å². The molecule has 62 valence electrons. The van der Waals surface area contributed by atoms with E-state index < -0.39 is 8.07 Å². The van der Waals surface area contributed by atoms with Crippen LogP contribution in [0.3, 0.4) is 0 Å². The summed E-state index contributed by atoms with van der Waals surface area (Å²) < 4.78 is 0. The van der Waals surface area contributed by atoms with Crippen LogP contribution in [0.2, 0.25) is 6.04 Å². The van der Waals surface area contributed by atoms with E-state index in [0.717, 1.165) is 0 Å². The Kier molecular flexibility index (Phi) is 4.12. The van der Waals surface area contributed by atoms with E-state index in [-0.39, 0.29) is 0 Å². The fraction of sp³-hybridized carbons (Fsp3) is 0.400. The Labute approximate surface area is 71.3 Å². The molecule has 0 aliphatic rings. The highest BCUT2D eigenvalue weighted by molar-refractivity contribution is 6.93. The highest BCUT2D eigenvalue weighted by Gasteiger charge is 2.22. The van der Waals surface area contributed by atoms with Gasteiger partial charge in [-0.15, -0.1) is 19.7 Å². The molecule has 0 aromatic carbocycles. The normalized spacial score (nSPS) is 11.2. The van der Waals surface area contributed by atoms with E-state index in [1.807, 2.05) is 17.1 Å². The molecule has 0 N–H and O–H groups in total. The van der Waals surface area contributed by atoms with Crippen molar-refractivity contribution in [3.05, 3.63) is 36.8 Å². The van der Waals surface area contributed by atoms with E-state index in [4.69, 9.17) is 0 Å². The summed E-state index contributed by atoms with van der Waals surface area (Å²) in [4.78, 5) is 0. The molecule has 0 unspecified atom stereocenters. The van der Waals surface area contributed by atoms with Gasteiger partial charge >= 0.3 is 0 Å². The summed E-state index contributed by atoms with van der Waals surface area (Å²) in [6.07, 6.45) is 0. The highest BCUT2D eigenvalue weighted by Crippen LogP contribution is 2.19. The largest absolute Gasteiger partial charge is 0.124 e. The molecule has 0 fully saturated rings. The summed E-state index contributed by atoms with van der Waals surface area (Å²) in [5.41, 5.74) is 6.15. The second-order valence-electron chi connectivity index (χ2n) is 3.32. The predicted octanol–water partition coefficient (Wildman–Crippen LogP) is 3.27. The Balaban J connectivity index is 4.41. The zero-order valence-corrected chi connectivity index (χ0v) is 8.64. The highest BCUT2D eigenvalue weighted by atomic mass is 28.3. The Hall–Kier alpha value is -0.563. The maximum Gasteiger partial charge on any atom is 0.124 e. The summed E-state index contributed by atoms with van der Waals surface area (Å²) >= 11 is 0. The van der Waals surface area contributed by atoms with Crippen LogP contribution in [0.15, 0.2) is 36.8 Å². The third-order valence-corrected chi connectivity index (χ3v) is 5.71. The Morgan fingerprint density at radius 3 is 1.55 bits per heavy atom. The average molecular weight is 166 g/mol. The third-order valence-electron chi connectivity index (χ3n) is 1.90. The molecule has 0 aliphatic carbocycles. The lowest BCUT2D eigenvalue weighted by atomic mass is 10.3.